The van der Waals surface area contributed by atoms with Gasteiger partial charge < -0.3 is 14.9 Å². The molecule has 0 aliphatic carbocycles. The minimum Gasteiger partial charge on any atom is -0.481 e. The van der Waals surface area contributed by atoms with E-state index < -0.39 is 17.7 Å². The number of hydrogen-bond donors (Lipinski definition) is 2. The summed E-state index contributed by atoms with van der Waals surface area (Å²) in [6, 6.07) is 5.00. The van der Waals surface area contributed by atoms with Crippen LogP contribution in [-0.2, 0) is 22.2 Å². The fourth-order valence-electron chi connectivity index (χ4n) is 3.69. The van der Waals surface area contributed by atoms with E-state index in [4.69, 9.17) is 5.11 Å². The zero-order valence-electron chi connectivity index (χ0n) is 19.5. The van der Waals surface area contributed by atoms with Crippen molar-refractivity contribution in [2.24, 2.45) is 0 Å². The maximum absolute atomic E-state index is 12.6. The highest BCUT2D eigenvalue weighted by Gasteiger charge is 2.29. The molecule has 2 N–H and O–H groups in total. The van der Waals surface area contributed by atoms with E-state index in [9.17, 15) is 22.8 Å². The molecule has 1 rings (SSSR count). The maximum Gasteiger partial charge on any atom is 0.416 e. The van der Waals surface area contributed by atoms with Crippen LogP contribution in [0.1, 0.15) is 68.9 Å². The number of carbonyl (C=O) groups excluding carboxylic acids is 1. The molecule has 1 aromatic carbocycles. The van der Waals surface area contributed by atoms with E-state index in [1.54, 1.807) is 12.1 Å². The van der Waals surface area contributed by atoms with Crippen molar-refractivity contribution >= 4 is 11.9 Å². The SMILES string of the molecule is C[N+](C)(C)C[C@@H](CC(=O)O)NC(=O)CCCCCCCCCc1ccc(C(F)(F)F)cc1. The number of nitrogens with zero attached hydrogens (tertiary/aromatic N) is 1. The van der Waals surface area contributed by atoms with Gasteiger partial charge in [0.1, 0.15) is 0 Å². The van der Waals surface area contributed by atoms with Crippen LogP contribution in [0.2, 0.25) is 0 Å². The Balaban J connectivity index is 2.11. The van der Waals surface area contributed by atoms with Crippen LogP contribution in [0, 0.1) is 0 Å². The normalized spacial score (nSPS) is 13.1. The fourth-order valence-corrected chi connectivity index (χ4v) is 3.69. The van der Waals surface area contributed by atoms with Crippen molar-refractivity contribution in [1.82, 2.24) is 5.32 Å². The Morgan fingerprint density at radius 2 is 1.47 bits per heavy atom. The van der Waals surface area contributed by atoms with Gasteiger partial charge in [0.2, 0.25) is 5.91 Å². The zero-order chi connectivity index (χ0) is 24.2. The van der Waals surface area contributed by atoms with Crippen LogP contribution in [0.25, 0.3) is 0 Å². The van der Waals surface area contributed by atoms with Crippen molar-refractivity contribution in [3.8, 4) is 0 Å². The van der Waals surface area contributed by atoms with Crippen LogP contribution in [0.15, 0.2) is 24.3 Å². The number of quaternary nitrogens is 1. The Hall–Kier alpha value is -2.09. The molecule has 8 heteroatoms. The first-order chi connectivity index (χ1) is 14.9. The fraction of sp³-hybridized carbons (Fsp3) is 0.667. The molecule has 1 atom stereocenters. The minimum atomic E-state index is -4.29. The van der Waals surface area contributed by atoms with Crippen LogP contribution in [0.5, 0.6) is 0 Å². The Morgan fingerprint density at radius 1 is 0.938 bits per heavy atom. The lowest BCUT2D eigenvalue weighted by Gasteiger charge is -2.29. The summed E-state index contributed by atoms with van der Waals surface area (Å²) in [7, 11) is 5.89. The number of unbranched alkanes of at least 4 members (excludes halogenated alkanes) is 6. The van der Waals surface area contributed by atoms with Crippen molar-refractivity contribution in [1.29, 1.82) is 0 Å². The number of carbonyl (C=O) groups is 2. The molecular formula is C24H38F3N2O3+. The number of aryl methyl sites for hydroxylation is 1. The van der Waals surface area contributed by atoms with Gasteiger partial charge in [-0.1, -0.05) is 44.2 Å². The van der Waals surface area contributed by atoms with Gasteiger partial charge in [-0.3, -0.25) is 9.59 Å². The number of carboxylic acid groups (broad SMARTS) is 1. The Morgan fingerprint density at radius 3 is 1.97 bits per heavy atom. The van der Waals surface area contributed by atoms with Gasteiger partial charge in [-0.25, -0.2) is 0 Å². The Kier molecular flexibility index (Phi) is 11.8. The number of nitrogens with one attached hydrogen (secondary N) is 1. The van der Waals surface area contributed by atoms with Crippen LogP contribution in [0.3, 0.4) is 0 Å². The van der Waals surface area contributed by atoms with E-state index in [0.29, 0.717) is 17.4 Å². The van der Waals surface area contributed by atoms with Crippen LogP contribution < -0.4 is 5.32 Å². The number of likely N-dealkylation sites (N-methyl/N-ethyl adjacent to an activating group) is 1. The van der Waals surface area contributed by atoms with Crippen molar-refractivity contribution < 1.29 is 32.3 Å². The molecule has 5 nitrogen and oxygen atoms in total. The molecule has 0 saturated carbocycles. The van der Waals surface area contributed by atoms with Crippen LogP contribution in [0.4, 0.5) is 13.2 Å². The third-order valence-corrected chi connectivity index (χ3v) is 5.20. The first-order valence-corrected chi connectivity index (χ1v) is 11.3. The van der Waals surface area contributed by atoms with Crippen molar-refractivity contribution in [3.05, 3.63) is 35.4 Å². The maximum atomic E-state index is 12.6. The molecule has 0 aromatic heterocycles. The minimum absolute atomic E-state index is 0.0757. The highest BCUT2D eigenvalue weighted by Crippen LogP contribution is 2.29. The molecule has 0 aliphatic heterocycles. The second kappa shape index (κ2) is 13.5. The lowest BCUT2D eigenvalue weighted by molar-refractivity contribution is -0.871. The van der Waals surface area contributed by atoms with Gasteiger partial charge in [-0.15, -0.1) is 0 Å². The molecule has 32 heavy (non-hydrogen) atoms. The second-order valence-electron chi connectivity index (χ2n) is 9.50. The third-order valence-electron chi connectivity index (χ3n) is 5.20. The third kappa shape index (κ3) is 13.3. The van der Waals surface area contributed by atoms with Gasteiger partial charge in [0.15, 0.2) is 0 Å². The Bertz CT molecular complexity index is 698. The number of hydrogen-bond acceptors (Lipinski definition) is 2. The highest BCUT2D eigenvalue weighted by molar-refractivity contribution is 5.77. The summed E-state index contributed by atoms with van der Waals surface area (Å²) in [5.41, 5.74) is 0.316. The smallest absolute Gasteiger partial charge is 0.416 e. The first-order valence-electron chi connectivity index (χ1n) is 11.3. The number of alkyl halides is 3. The topological polar surface area (TPSA) is 66.4 Å². The lowest BCUT2D eigenvalue weighted by Crippen LogP contribution is -2.49. The largest absolute Gasteiger partial charge is 0.481 e. The van der Waals surface area contributed by atoms with Gasteiger partial charge in [0.25, 0.3) is 0 Å². The molecular weight excluding hydrogens is 421 g/mol. The summed E-state index contributed by atoms with van der Waals surface area (Å²) in [6.45, 7) is 0.560. The summed E-state index contributed by atoms with van der Waals surface area (Å²) in [4.78, 5) is 23.1. The summed E-state index contributed by atoms with van der Waals surface area (Å²) in [6.07, 6.45) is 3.70. The summed E-state index contributed by atoms with van der Waals surface area (Å²) < 4.78 is 38.3. The van der Waals surface area contributed by atoms with E-state index in [1.807, 2.05) is 21.1 Å². The monoisotopic (exact) mass is 459 g/mol. The summed E-state index contributed by atoms with van der Waals surface area (Å²) >= 11 is 0. The quantitative estimate of drug-likeness (QED) is 0.285. The van der Waals surface area contributed by atoms with E-state index >= 15 is 0 Å². The summed E-state index contributed by atoms with van der Waals surface area (Å²) in [5.74, 6) is -1.01. The van der Waals surface area contributed by atoms with Gasteiger partial charge in [0, 0.05) is 6.42 Å². The second-order valence-corrected chi connectivity index (χ2v) is 9.50. The molecule has 182 valence electrons. The average molecular weight is 460 g/mol. The number of halogens is 3. The molecule has 0 saturated heterocycles. The number of benzene rings is 1. The van der Waals surface area contributed by atoms with Gasteiger partial charge in [0.05, 0.1) is 45.7 Å². The van der Waals surface area contributed by atoms with Gasteiger partial charge in [-0.05, 0) is 37.0 Å². The average Bonchev–Trinajstić information content (AvgIpc) is 2.64. The molecule has 0 unspecified atom stereocenters. The lowest BCUT2D eigenvalue weighted by atomic mass is 10.0. The summed E-state index contributed by atoms with van der Waals surface area (Å²) in [5, 5.41) is 11.9. The predicted molar refractivity (Wildman–Crippen MR) is 119 cm³/mol. The van der Waals surface area contributed by atoms with E-state index in [1.165, 1.54) is 0 Å². The number of carboxylic acids is 1. The van der Waals surface area contributed by atoms with Crippen molar-refractivity contribution in [2.45, 2.75) is 76.4 Å². The van der Waals surface area contributed by atoms with E-state index in [2.05, 4.69) is 5.32 Å². The molecule has 0 aliphatic rings. The molecule has 0 bridgehead atoms. The van der Waals surface area contributed by atoms with E-state index in [0.717, 1.165) is 69.1 Å². The zero-order valence-corrected chi connectivity index (χ0v) is 19.5. The van der Waals surface area contributed by atoms with Gasteiger partial charge >= 0.3 is 12.1 Å². The molecule has 0 spiro atoms. The highest BCUT2D eigenvalue weighted by atomic mass is 19.4. The van der Waals surface area contributed by atoms with Crippen LogP contribution >= 0.6 is 0 Å². The van der Waals surface area contributed by atoms with E-state index in [-0.39, 0.29) is 18.4 Å². The predicted octanol–water partition coefficient (Wildman–Crippen LogP) is 5.03. The number of aliphatic carboxylic acids is 1. The number of rotatable bonds is 15. The van der Waals surface area contributed by atoms with Crippen molar-refractivity contribution in [3.63, 3.8) is 0 Å². The first kappa shape index (κ1) is 27.9. The number of amides is 1. The molecule has 0 radical (unpaired) electrons. The molecule has 0 heterocycles. The van der Waals surface area contributed by atoms with Gasteiger partial charge in [-0.2, -0.15) is 13.2 Å². The molecule has 0 fully saturated rings. The Labute approximate surface area is 189 Å². The van der Waals surface area contributed by atoms with Crippen molar-refractivity contribution in [2.75, 3.05) is 27.7 Å². The molecule has 1 aromatic rings. The standard InChI is InChI=1S/C24H37F3N2O3/c1-29(2,3)18-21(17-23(31)32)28-22(30)12-10-8-6-4-5-7-9-11-19-13-15-20(16-14-19)24(25,26)27/h13-16,21H,4-12,17-18H2,1-3H3,(H-,28,30,31,32)/p+1/t21-/m1/s1. The molecule has 1 amide bonds. The van der Waals surface area contributed by atoms with Crippen LogP contribution in [-0.4, -0.2) is 55.2 Å².